The number of likely N-dealkylation sites (tertiary alicyclic amines) is 1. The molecule has 1 fully saturated rings. The number of carbonyl (C=O) groups is 5. The number of hydrogen-bond donors (Lipinski definition) is 6. The number of nitrogens with zero attached hydrogens (tertiary/aromatic N) is 3. The number of carbonyl (C=O) groups excluding carboxylic acids is 5. The first kappa shape index (κ1) is 59.9. The Hall–Kier alpha value is -4.44. The number of thiazole rings is 1. The quantitative estimate of drug-likeness (QED) is 0.0402. The van der Waals surface area contributed by atoms with E-state index in [9.17, 15) is 29.1 Å². The summed E-state index contributed by atoms with van der Waals surface area (Å²) in [5.41, 5.74) is 11.0. The predicted molar refractivity (Wildman–Crippen MR) is 269 cm³/mol. The molecule has 70 heavy (non-hydrogen) atoms. The van der Waals surface area contributed by atoms with Crippen LogP contribution in [0.15, 0.2) is 29.6 Å². The van der Waals surface area contributed by atoms with Crippen molar-refractivity contribution in [1.82, 2.24) is 36.3 Å². The molecule has 20 heteroatoms. The SMILES string of the molecule is CCCO[C@H](C[C@H](C(C)C)N(CCC)C(=O)[C@@H](NC(=O)[C@H]1CCCCN1C)[C@@H](C)CC)c1nc(C(=O)NC(Cc2ccc(O)cc2)C[C@H](C)C(=O)NNC(=O)OCCOCCOCCOCCN)cs1. The van der Waals surface area contributed by atoms with Gasteiger partial charge in [0.25, 0.3) is 5.91 Å². The van der Waals surface area contributed by atoms with Crippen molar-refractivity contribution in [2.45, 2.75) is 137 Å². The number of ether oxygens (including phenoxy) is 5. The van der Waals surface area contributed by atoms with Gasteiger partial charge in [0.1, 0.15) is 35.2 Å². The maximum Gasteiger partial charge on any atom is 0.426 e. The number of hydrogen-bond acceptors (Lipinski definition) is 15. The summed E-state index contributed by atoms with van der Waals surface area (Å²) in [5.74, 6) is -1.79. The summed E-state index contributed by atoms with van der Waals surface area (Å²) in [4.78, 5) is 76.8. The molecule has 19 nitrogen and oxygen atoms in total. The van der Waals surface area contributed by atoms with Crippen LogP contribution in [0.2, 0.25) is 0 Å². The summed E-state index contributed by atoms with van der Waals surface area (Å²) < 4.78 is 27.6. The first-order valence-corrected chi connectivity index (χ1v) is 26.1. The van der Waals surface area contributed by atoms with E-state index in [1.54, 1.807) is 36.6 Å². The Morgan fingerprint density at radius 3 is 2.16 bits per heavy atom. The van der Waals surface area contributed by atoms with Gasteiger partial charge in [-0.2, -0.15) is 0 Å². The van der Waals surface area contributed by atoms with Gasteiger partial charge in [-0.3, -0.25) is 29.5 Å². The molecule has 396 valence electrons. The van der Waals surface area contributed by atoms with Gasteiger partial charge in [-0.15, -0.1) is 11.3 Å². The monoisotopic (exact) mass is 1000 g/mol. The Bertz CT molecular complexity index is 1840. The largest absolute Gasteiger partial charge is 0.508 e. The van der Waals surface area contributed by atoms with E-state index in [-0.39, 0.29) is 66.8 Å². The number of amides is 5. The van der Waals surface area contributed by atoms with Crippen molar-refractivity contribution in [3.63, 3.8) is 0 Å². The summed E-state index contributed by atoms with van der Waals surface area (Å²) in [6, 6.07) is 4.83. The highest BCUT2D eigenvalue weighted by Crippen LogP contribution is 2.32. The Morgan fingerprint density at radius 2 is 1.54 bits per heavy atom. The number of hydrazine groups is 1. The molecule has 5 amide bonds. The predicted octanol–water partition coefficient (Wildman–Crippen LogP) is 5.12. The van der Waals surface area contributed by atoms with Gasteiger partial charge in [0.05, 0.1) is 45.7 Å². The average Bonchev–Trinajstić information content (AvgIpc) is 3.84. The standard InChI is InChI=1S/C50H84N8O11S/c1-9-20-58(49(63)44(35(6)11-3)54-47(62)41-14-12-13-21-57(41)8)42(34(4)5)32-43(68-22-10-2)48-53-40(33-70-48)46(61)52-38(31-37-15-17-39(59)18-16-37)30-36(7)45(60)55-56-50(64)69-29-28-67-27-26-66-25-24-65-23-19-51/h15-18,33-36,38,41-44,59H,9-14,19-32,51H2,1-8H3,(H,52,61)(H,54,62)(H,55,60)(H,56,64)/t35-,36-,38?,41+,42+,43+,44-/m0/s1. The second-order valence-electron chi connectivity index (χ2n) is 18.4. The number of phenols is 1. The number of benzene rings is 1. The topological polar surface area (TPSA) is 245 Å². The first-order valence-electron chi connectivity index (χ1n) is 25.3. The molecular weight excluding hydrogens is 921 g/mol. The van der Waals surface area contributed by atoms with Crippen LogP contribution < -0.4 is 27.2 Å². The summed E-state index contributed by atoms with van der Waals surface area (Å²) in [7, 11) is 1.97. The van der Waals surface area contributed by atoms with Crippen LogP contribution in [0.1, 0.15) is 127 Å². The van der Waals surface area contributed by atoms with Gasteiger partial charge in [-0.1, -0.05) is 73.4 Å². The highest BCUT2D eigenvalue weighted by atomic mass is 32.1. The maximum atomic E-state index is 14.8. The number of likely N-dealkylation sites (N-methyl/N-ethyl adjacent to an activating group) is 1. The molecule has 0 saturated carbocycles. The Labute approximate surface area is 420 Å². The minimum absolute atomic E-state index is 0.0264. The van der Waals surface area contributed by atoms with Crippen LogP contribution in [0.5, 0.6) is 5.75 Å². The lowest BCUT2D eigenvalue weighted by Crippen LogP contribution is -2.58. The fraction of sp³-hybridized carbons (Fsp3) is 0.720. The van der Waals surface area contributed by atoms with Crippen molar-refractivity contribution in [1.29, 1.82) is 0 Å². The van der Waals surface area contributed by atoms with Gasteiger partial charge in [-0.05, 0) is 81.6 Å². The zero-order chi connectivity index (χ0) is 51.4. The smallest absolute Gasteiger partial charge is 0.426 e. The van der Waals surface area contributed by atoms with E-state index in [2.05, 4.69) is 40.2 Å². The van der Waals surface area contributed by atoms with Crippen LogP contribution in [0.25, 0.3) is 0 Å². The molecule has 0 bridgehead atoms. The molecule has 1 aromatic carbocycles. The van der Waals surface area contributed by atoms with Crippen molar-refractivity contribution in [2.75, 3.05) is 79.5 Å². The van der Waals surface area contributed by atoms with E-state index >= 15 is 0 Å². The van der Waals surface area contributed by atoms with Crippen LogP contribution in [-0.4, -0.2) is 153 Å². The molecule has 3 rings (SSSR count). The number of aromatic hydroxyl groups is 1. The fourth-order valence-electron chi connectivity index (χ4n) is 8.21. The molecule has 7 N–H and O–H groups in total. The van der Waals surface area contributed by atoms with E-state index < -0.39 is 42.0 Å². The molecule has 0 radical (unpaired) electrons. The molecule has 1 aliphatic heterocycles. The zero-order valence-electron chi connectivity index (χ0n) is 43.0. The number of nitrogens with one attached hydrogen (secondary N) is 4. The average molecular weight is 1010 g/mol. The highest BCUT2D eigenvalue weighted by molar-refractivity contribution is 7.09. The molecule has 0 spiro atoms. The lowest BCUT2D eigenvalue weighted by atomic mass is 9.92. The molecule has 0 aliphatic carbocycles. The lowest BCUT2D eigenvalue weighted by molar-refractivity contribution is -0.143. The Kier molecular flexibility index (Phi) is 28.4. The van der Waals surface area contributed by atoms with E-state index in [1.807, 2.05) is 39.6 Å². The third-order valence-electron chi connectivity index (χ3n) is 12.4. The van der Waals surface area contributed by atoms with Gasteiger partial charge in [0.15, 0.2) is 0 Å². The van der Waals surface area contributed by atoms with Gasteiger partial charge in [-0.25, -0.2) is 15.2 Å². The third kappa shape index (κ3) is 21.1. The fourth-order valence-corrected chi connectivity index (χ4v) is 9.07. The minimum Gasteiger partial charge on any atom is -0.508 e. The second-order valence-corrected chi connectivity index (χ2v) is 19.3. The minimum atomic E-state index is -0.863. The van der Waals surface area contributed by atoms with E-state index in [4.69, 9.17) is 34.4 Å². The van der Waals surface area contributed by atoms with Crippen LogP contribution in [0, 0.1) is 17.8 Å². The number of aromatic nitrogens is 1. The van der Waals surface area contributed by atoms with Crippen LogP contribution in [0.3, 0.4) is 0 Å². The highest BCUT2D eigenvalue weighted by Gasteiger charge is 2.38. The molecule has 7 atom stereocenters. The van der Waals surface area contributed by atoms with E-state index in [0.29, 0.717) is 77.0 Å². The van der Waals surface area contributed by atoms with E-state index in [1.165, 1.54) is 11.3 Å². The van der Waals surface area contributed by atoms with Crippen LogP contribution in [-0.2, 0) is 44.5 Å². The number of phenolic OH excluding ortho intramolecular Hbond substituents is 1. The summed E-state index contributed by atoms with van der Waals surface area (Å²) in [5, 5.41) is 18.5. The molecule has 1 saturated heterocycles. The maximum absolute atomic E-state index is 14.8. The van der Waals surface area contributed by atoms with E-state index in [0.717, 1.165) is 44.2 Å². The first-order chi connectivity index (χ1) is 33.6. The number of nitrogens with two attached hydrogens (primary N) is 1. The van der Waals surface area contributed by atoms with Gasteiger partial charge in [0.2, 0.25) is 17.7 Å². The molecule has 1 unspecified atom stereocenters. The Balaban J connectivity index is 1.71. The Morgan fingerprint density at radius 1 is 0.871 bits per heavy atom. The number of rotatable bonds is 33. The van der Waals surface area contributed by atoms with Crippen molar-refractivity contribution in [2.24, 2.45) is 23.5 Å². The van der Waals surface area contributed by atoms with Crippen molar-refractivity contribution >= 4 is 41.1 Å². The summed E-state index contributed by atoms with van der Waals surface area (Å²) in [6.45, 7) is 18.3. The molecular formula is C50H84N8O11S. The lowest BCUT2D eigenvalue weighted by Gasteiger charge is -2.40. The second kappa shape index (κ2) is 33.3. The number of piperidine rings is 1. The molecule has 1 aromatic heterocycles. The zero-order valence-corrected chi connectivity index (χ0v) is 43.8. The van der Waals surface area contributed by atoms with Gasteiger partial charge in [0, 0.05) is 49.5 Å². The molecule has 1 aliphatic rings. The van der Waals surface area contributed by atoms with Gasteiger partial charge < -0.3 is 50.1 Å². The van der Waals surface area contributed by atoms with Crippen molar-refractivity contribution < 1.29 is 52.8 Å². The molecule has 2 heterocycles. The summed E-state index contributed by atoms with van der Waals surface area (Å²) >= 11 is 1.31. The van der Waals surface area contributed by atoms with Crippen LogP contribution in [0.4, 0.5) is 4.79 Å². The van der Waals surface area contributed by atoms with Crippen molar-refractivity contribution in [3.05, 3.63) is 45.9 Å². The van der Waals surface area contributed by atoms with Crippen LogP contribution >= 0.6 is 11.3 Å². The third-order valence-corrected chi connectivity index (χ3v) is 13.3. The molecule has 2 aromatic rings. The van der Waals surface area contributed by atoms with Crippen molar-refractivity contribution in [3.8, 4) is 5.75 Å². The normalized spacial score (nSPS) is 16.6. The summed E-state index contributed by atoms with van der Waals surface area (Å²) in [6.07, 6.45) is 4.53. The van der Waals surface area contributed by atoms with Gasteiger partial charge >= 0.3 is 6.09 Å².